The van der Waals surface area contributed by atoms with Crippen molar-refractivity contribution in [1.29, 1.82) is 0 Å². The van der Waals surface area contributed by atoms with Gasteiger partial charge in [-0.25, -0.2) is 0 Å². The number of carbonyl (C=O) groups is 1. The quantitative estimate of drug-likeness (QED) is 0.776. The molecule has 5 heteroatoms. The van der Waals surface area contributed by atoms with E-state index in [2.05, 4.69) is 16.3 Å². The Labute approximate surface area is 132 Å². The van der Waals surface area contributed by atoms with Crippen LogP contribution in [0.1, 0.15) is 17.5 Å². The van der Waals surface area contributed by atoms with Crippen LogP contribution in [0.4, 0.5) is 0 Å². The van der Waals surface area contributed by atoms with Gasteiger partial charge in [-0.1, -0.05) is 6.07 Å². The van der Waals surface area contributed by atoms with Gasteiger partial charge in [0.1, 0.15) is 5.75 Å². The Balaban J connectivity index is 1.59. The molecule has 5 nitrogen and oxygen atoms in total. The van der Waals surface area contributed by atoms with Gasteiger partial charge in [-0.15, -0.1) is 0 Å². The number of carbonyl (C=O) groups excluding carboxylic acids is 1. The first kappa shape index (κ1) is 16.8. The standard InChI is InChI=1S/C17H26N2O3/c1-14-10-15(2)12-16(11-14)22-13-17(20)18-4-3-5-19-6-8-21-9-7-19/h10-12H,3-9,13H2,1-2H3,(H,18,20). The maximum Gasteiger partial charge on any atom is 0.257 e. The van der Waals surface area contributed by atoms with E-state index in [1.165, 1.54) is 0 Å². The first-order chi connectivity index (χ1) is 10.6. The van der Waals surface area contributed by atoms with Gasteiger partial charge in [0.05, 0.1) is 13.2 Å². The lowest BCUT2D eigenvalue weighted by molar-refractivity contribution is -0.123. The summed E-state index contributed by atoms with van der Waals surface area (Å²) in [6.07, 6.45) is 0.954. The molecule has 1 aliphatic heterocycles. The number of hydrogen-bond acceptors (Lipinski definition) is 4. The summed E-state index contributed by atoms with van der Waals surface area (Å²) < 4.78 is 10.8. The summed E-state index contributed by atoms with van der Waals surface area (Å²) in [4.78, 5) is 14.1. The highest BCUT2D eigenvalue weighted by Gasteiger charge is 2.09. The molecular formula is C17H26N2O3. The van der Waals surface area contributed by atoms with E-state index in [9.17, 15) is 4.79 Å². The highest BCUT2D eigenvalue weighted by molar-refractivity contribution is 5.77. The number of morpholine rings is 1. The number of nitrogens with zero attached hydrogens (tertiary/aromatic N) is 1. The molecule has 0 aliphatic carbocycles. The monoisotopic (exact) mass is 306 g/mol. The molecule has 1 heterocycles. The van der Waals surface area contributed by atoms with Crippen molar-refractivity contribution in [1.82, 2.24) is 10.2 Å². The summed E-state index contributed by atoms with van der Waals surface area (Å²) in [6.45, 7) is 9.41. The van der Waals surface area contributed by atoms with Crippen molar-refractivity contribution in [2.24, 2.45) is 0 Å². The van der Waals surface area contributed by atoms with Crippen molar-refractivity contribution in [2.75, 3.05) is 46.0 Å². The zero-order valence-corrected chi connectivity index (χ0v) is 13.6. The fourth-order valence-corrected chi connectivity index (χ4v) is 2.57. The average molecular weight is 306 g/mol. The fourth-order valence-electron chi connectivity index (χ4n) is 2.57. The third-order valence-electron chi connectivity index (χ3n) is 3.64. The Morgan fingerprint density at radius 3 is 2.59 bits per heavy atom. The molecule has 1 fully saturated rings. The van der Waals surface area contributed by atoms with Crippen molar-refractivity contribution in [3.8, 4) is 5.75 Å². The topological polar surface area (TPSA) is 50.8 Å². The lowest BCUT2D eigenvalue weighted by Gasteiger charge is -2.26. The van der Waals surface area contributed by atoms with Gasteiger partial charge in [0, 0.05) is 19.6 Å². The number of benzene rings is 1. The minimum Gasteiger partial charge on any atom is -0.484 e. The molecule has 1 aliphatic rings. The zero-order chi connectivity index (χ0) is 15.8. The Hall–Kier alpha value is -1.59. The highest BCUT2D eigenvalue weighted by Crippen LogP contribution is 2.15. The molecule has 1 aromatic carbocycles. The maximum absolute atomic E-state index is 11.8. The summed E-state index contributed by atoms with van der Waals surface area (Å²) in [6, 6.07) is 5.97. The van der Waals surface area contributed by atoms with Crippen molar-refractivity contribution in [2.45, 2.75) is 20.3 Å². The van der Waals surface area contributed by atoms with Gasteiger partial charge in [-0.05, 0) is 50.1 Å². The lowest BCUT2D eigenvalue weighted by atomic mass is 10.1. The second kappa shape index (κ2) is 8.76. The van der Waals surface area contributed by atoms with Gasteiger partial charge in [0.25, 0.3) is 5.91 Å². The number of rotatable bonds is 7. The molecule has 1 aromatic rings. The van der Waals surface area contributed by atoms with Crippen LogP contribution in [-0.4, -0.2) is 56.8 Å². The molecule has 0 saturated carbocycles. The van der Waals surface area contributed by atoms with E-state index in [1.54, 1.807) is 0 Å². The second-order valence-electron chi connectivity index (χ2n) is 5.77. The van der Waals surface area contributed by atoms with Crippen LogP contribution in [0.5, 0.6) is 5.75 Å². The Bertz CT molecular complexity index is 465. The number of ether oxygens (including phenoxy) is 2. The van der Waals surface area contributed by atoms with Gasteiger partial charge in [0.15, 0.2) is 6.61 Å². The van der Waals surface area contributed by atoms with Crippen LogP contribution in [0, 0.1) is 13.8 Å². The van der Waals surface area contributed by atoms with E-state index in [1.807, 2.05) is 26.0 Å². The minimum absolute atomic E-state index is 0.0684. The number of amides is 1. The van der Waals surface area contributed by atoms with E-state index >= 15 is 0 Å². The Morgan fingerprint density at radius 1 is 1.23 bits per heavy atom. The number of hydrogen-bond donors (Lipinski definition) is 1. The average Bonchev–Trinajstić information content (AvgIpc) is 2.50. The second-order valence-corrected chi connectivity index (χ2v) is 5.77. The van der Waals surface area contributed by atoms with Gasteiger partial charge in [-0.3, -0.25) is 9.69 Å². The van der Waals surface area contributed by atoms with E-state index in [0.29, 0.717) is 6.54 Å². The molecule has 2 rings (SSSR count). The molecule has 0 atom stereocenters. The first-order valence-electron chi connectivity index (χ1n) is 7.91. The van der Waals surface area contributed by atoms with Crippen LogP contribution in [0.25, 0.3) is 0 Å². The predicted octanol–water partition coefficient (Wildman–Crippen LogP) is 1.52. The zero-order valence-electron chi connectivity index (χ0n) is 13.6. The molecule has 1 amide bonds. The van der Waals surface area contributed by atoms with Crippen molar-refractivity contribution >= 4 is 5.91 Å². The first-order valence-corrected chi connectivity index (χ1v) is 7.91. The van der Waals surface area contributed by atoms with E-state index in [-0.39, 0.29) is 12.5 Å². The summed E-state index contributed by atoms with van der Waals surface area (Å²) in [7, 11) is 0. The van der Waals surface area contributed by atoms with Crippen molar-refractivity contribution in [3.63, 3.8) is 0 Å². The van der Waals surface area contributed by atoms with Gasteiger partial charge >= 0.3 is 0 Å². The summed E-state index contributed by atoms with van der Waals surface area (Å²) >= 11 is 0. The molecule has 122 valence electrons. The van der Waals surface area contributed by atoms with Crippen LogP contribution >= 0.6 is 0 Å². The molecule has 22 heavy (non-hydrogen) atoms. The van der Waals surface area contributed by atoms with Gasteiger partial charge < -0.3 is 14.8 Å². The predicted molar refractivity (Wildman–Crippen MR) is 86.3 cm³/mol. The van der Waals surface area contributed by atoms with Crippen LogP contribution in [0.2, 0.25) is 0 Å². The molecule has 0 bridgehead atoms. The third-order valence-corrected chi connectivity index (χ3v) is 3.64. The molecule has 0 spiro atoms. The van der Waals surface area contributed by atoms with Crippen LogP contribution < -0.4 is 10.1 Å². The molecular weight excluding hydrogens is 280 g/mol. The number of aryl methyl sites for hydroxylation is 2. The molecule has 0 radical (unpaired) electrons. The Kier molecular flexibility index (Phi) is 6.68. The SMILES string of the molecule is Cc1cc(C)cc(OCC(=O)NCCCN2CCOCC2)c1. The van der Waals surface area contributed by atoms with Crippen LogP contribution in [-0.2, 0) is 9.53 Å². The van der Waals surface area contributed by atoms with E-state index < -0.39 is 0 Å². The molecule has 0 unspecified atom stereocenters. The number of nitrogens with one attached hydrogen (secondary N) is 1. The van der Waals surface area contributed by atoms with E-state index in [0.717, 1.165) is 56.1 Å². The van der Waals surface area contributed by atoms with Crippen molar-refractivity contribution < 1.29 is 14.3 Å². The largest absolute Gasteiger partial charge is 0.484 e. The smallest absolute Gasteiger partial charge is 0.257 e. The normalized spacial score (nSPS) is 15.5. The maximum atomic E-state index is 11.8. The van der Waals surface area contributed by atoms with E-state index in [4.69, 9.17) is 9.47 Å². The Morgan fingerprint density at radius 2 is 1.91 bits per heavy atom. The van der Waals surface area contributed by atoms with Crippen LogP contribution in [0.15, 0.2) is 18.2 Å². The van der Waals surface area contributed by atoms with Crippen molar-refractivity contribution in [3.05, 3.63) is 29.3 Å². The minimum atomic E-state index is -0.0684. The van der Waals surface area contributed by atoms with Gasteiger partial charge in [0.2, 0.25) is 0 Å². The third kappa shape index (κ3) is 6.03. The fraction of sp³-hybridized carbons (Fsp3) is 0.588. The summed E-state index contributed by atoms with van der Waals surface area (Å²) in [5.74, 6) is 0.683. The summed E-state index contributed by atoms with van der Waals surface area (Å²) in [5.41, 5.74) is 2.28. The summed E-state index contributed by atoms with van der Waals surface area (Å²) in [5, 5.41) is 2.90. The molecule has 0 aromatic heterocycles. The van der Waals surface area contributed by atoms with Gasteiger partial charge in [-0.2, -0.15) is 0 Å². The molecule has 1 saturated heterocycles. The molecule has 1 N–H and O–H groups in total. The van der Waals surface area contributed by atoms with Crippen LogP contribution in [0.3, 0.4) is 0 Å². The lowest BCUT2D eigenvalue weighted by Crippen LogP contribution is -2.38. The highest BCUT2D eigenvalue weighted by atomic mass is 16.5.